The molecule has 3 amide bonds. The number of piperidine rings is 1. The normalized spacial score (nSPS) is 28.2. The molecule has 3 aliphatic heterocycles. The molecule has 6 N–H and O–H groups in total. The van der Waals surface area contributed by atoms with Crippen molar-refractivity contribution in [1.82, 2.24) is 20.5 Å². The number of likely N-dealkylation sites (tertiary alicyclic amines) is 1. The number of carbonyl (C=O) groups excluding carboxylic acids is 3. The summed E-state index contributed by atoms with van der Waals surface area (Å²) in [5, 5.41) is 19.7. The molecule has 2 aromatic rings. The first-order valence-electron chi connectivity index (χ1n) is 16.6. The van der Waals surface area contributed by atoms with Crippen molar-refractivity contribution in [3.63, 3.8) is 0 Å². The number of pyridine rings is 1. The van der Waals surface area contributed by atoms with E-state index in [1.54, 1.807) is 24.4 Å². The van der Waals surface area contributed by atoms with Crippen molar-refractivity contribution >= 4 is 29.2 Å². The van der Waals surface area contributed by atoms with Crippen LogP contribution in [0.4, 0.5) is 11.5 Å². The molecule has 4 fully saturated rings. The van der Waals surface area contributed by atoms with Gasteiger partial charge in [-0.05, 0) is 102 Å². The van der Waals surface area contributed by atoms with Gasteiger partial charge in [-0.15, -0.1) is 0 Å². The van der Waals surface area contributed by atoms with Crippen molar-refractivity contribution < 1.29 is 19.5 Å². The van der Waals surface area contributed by atoms with Crippen LogP contribution < -0.4 is 26.6 Å². The fourth-order valence-corrected chi connectivity index (χ4v) is 7.71. The Labute approximate surface area is 265 Å². The molecule has 45 heavy (non-hydrogen) atoms. The topological polar surface area (TPSA) is 153 Å². The Morgan fingerprint density at radius 1 is 0.867 bits per heavy atom. The molecule has 242 valence electrons. The molecule has 3 saturated heterocycles. The zero-order valence-electron chi connectivity index (χ0n) is 26.4. The van der Waals surface area contributed by atoms with E-state index in [2.05, 4.69) is 39.6 Å². The van der Waals surface area contributed by atoms with Crippen LogP contribution in [0.15, 0.2) is 36.5 Å². The third-order valence-electron chi connectivity index (χ3n) is 10.2. The summed E-state index contributed by atoms with van der Waals surface area (Å²) in [6.07, 6.45) is 9.06. The number of nitrogens with two attached hydrogens (primary N) is 1. The average molecular weight is 618 g/mol. The summed E-state index contributed by atoms with van der Waals surface area (Å²) < 4.78 is 0. The van der Waals surface area contributed by atoms with Gasteiger partial charge in [0.25, 0.3) is 17.7 Å². The number of amides is 3. The lowest BCUT2D eigenvalue weighted by Gasteiger charge is -2.40. The summed E-state index contributed by atoms with van der Waals surface area (Å²) in [5.74, 6) is 0.0917. The highest BCUT2D eigenvalue weighted by Crippen LogP contribution is 2.39. The number of anilines is 2. The lowest BCUT2D eigenvalue weighted by Crippen LogP contribution is -2.50. The van der Waals surface area contributed by atoms with Gasteiger partial charge in [-0.1, -0.05) is 0 Å². The van der Waals surface area contributed by atoms with Crippen LogP contribution in [0.25, 0.3) is 0 Å². The van der Waals surface area contributed by atoms with E-state index in [-0.39, 0.29) is 48.1 Å². The third-order valence-corrected chi connectivity index (χ3v) is 10.2. The molecule has 11 nitrogen and oxygen atoms in total. The minimum Gasteiger partial charge on any atom is -0.393 e. The summed E-state index contributed by atoms with van der Waals surface area (Å²) >= 11 is 0. The Bertz CT molecular complexity index is 1380. The number of aromatic nitrogens is 1. The summed E-state index contributed by atoms with van der Waals surface area (Å²) in [4.78, 5) is 47.8. The van der Waals surface area contributed by atoms with Crippen molar-refractivity contribution in [2.24, 2.45) is 5.73 Å². The summed E-state index contributed by atoms with van der Waals surface area (Å²) in [7, 11) is 0. The average Bonchev–Trinajstić information content (AvgIpc) is 3.60. The lowest BCUT2D eigenvalue weighted by molar-refractivity contribution is 0.0922. The SMILES string of the molecule is CC(C)N1CC[C@@H](NC(=O)c2ccc(N3C4CCC3CC(NC(=O)c3ccc(C(N)=O)c(NC5CCC(O)CC5)c3)C4)nc2)C1. The molecule has 1 saturated carbocycles. The molecule has 1 aromatic carbocycles. The van der Waals surface area contributed by atoms with Gasteiger partial charge in [-0.25, -0.2) is 4.98 Å². The van der Waals surface area contributed by atoms with E-state index < -0.39 is 5.91 Å². The summed E-state index contributed by atoms with van der Waals surface area (Å²) in [6.45, 7) is 6.25. The predicted molar refractivity (Wildman–Crippen MR) is 173 cm³/mol. The molecule has 1 aliphatic carbocycles. The van der Waals surface area contributed by atoms with E-state index in [4.69, 9.17) is 10.7 Å². The van der Waals surface area contributed by atoms with E-state index in [9.17, 15) is 19.5 Å². The number of rotatable bonds is 9. The van der Waals surface area contributed by atoms with Crippen molar-refractivity contribution in [1.29, 1.82) is 0 Å². The molecule has 11 heteroatoms. The highest BCUT2D eigenvalue weighted by molar-refractivity contribution is 6.02. The molecular formula is C34H47N7O4. The second kappa shape index (κ2) is 13.3. The van der Waals surface area contributed by atoms with Crippen LogP contribution in [0.3, 0.4) is 0 Å². The molecule has 2 bridgehead atoms. The molecular weight excluding hydrogens is 570 g/mol. The molecule has 0 radical (unpaired) electrons. The number of primary amides is 1. The van der Waals surface area contributed by atoms with Crippen LogP contribution in [0.1, 0.15) is 103 Å². The van der Waals surface area contributed by atoms with Gasteiger partial charge in [0.15, 0.2) is 0 Å². The first kappa shape index (κ1) is 31.3. The van der Waals surface area contributed by atoms with Gasteiger partial charge in [0.05, 0.1) is 17.2 Å². The quantitative estimate of drug-likeness (QED) is 0.288. The minimum atomic E-state index is -0.543. The number of fused-ring (bicyclic) bond motifs is 2. The van der Waals surface area contributed by atoms with E-state index in [0.717, 1.165) is 63.9 Å². The number of aliphatic hydroxyl groups is 1. The van der Waals surface area contributed by atoms with E-state index >= 15 is 0 Å². The molecule has 4 heterocycles. The van der Waals surface area contributed by atoms with E-state index in [1.165, 1.54) is 0 Å². The molecule has 6 rings (SSSR count). The minimum absolute atomic E-state index is 0.0279. The number of carbonyl (C=O) groups is 3. The van der Waals surface area contributed by atoms with Crippen molar-refractivity contribution in [3.05, 3.63) is 53.2 Å². The highest BCUT2D eigenvalue weighted by atomic mass is 16.3. The van der Waals surface area contributed by atoms with E-state index in [0.29, 0.717) is 41.3 Å². The third kappa shape index (κ3) is 7.09. The van der Waals surface area contributed by atoms with Crippen LogP contribution in [0.5, 0.6) is 0 Å². The summed E-state index contributed by atoms with van der Waals surface area (Å²) in [5.41, 5.74) is 7.62. The van der Waals surface area contributed by atoms with Gasteiger partial charge in [0, 0.05) is 66.8 Å². The fourth-order valence-electron chi connectivity index (χ4n) is 7.71. The Morgan fingerprint density at radius 3 is 2.16 bits per heavy atom. The molecule has 2 unspecified atom stereocenters. The van der Waals surface area contributed by atoms with Gasteiger partial charge in [0.2, 0.25) is 0 Å². The van der Waals surface area contributed by atoms with Gasteiger partial charge in [0.1, 0.15) is 5.82 Å². The largest absolute Gasteiger partial charge is 0.393 e. The van der Waals surface area contributed by atoms with Crippen LogP contribution in [-0.2, 0) is 0 Å². The van der Waals surface area contributed by atoms with Gasteiger partial charge < -0.3 is 31.7 Å². The number of nitrogens with zero attached hydrogens (tertiary/aromatic N) is 3. The number of hydrogen-bond acceptors (Lipinski definition) is 8. The van der Waals surface area contributed by atoms with Crippen LogP contribution >= 0.6 is 0 Å². The zero-order chi connectivity index (χ0) is 31.7. The maximum atomic E-state index is 13.4. The Hall–Kier alpha value is -3.70. The second-order valence-electron chi connectivity index (χ2n) is 13.7. The van der Waals surface area contributed by atoms with Crippen molar-refractivity contribution in [3.8, 4) is 0 Å². The van der Waals surface area contributed by atoms with Gasteiger partial charge in [-0.2, -0.15) is 0 Å². The molecule has 1 aromatic heterocycles. The van der Waals surface area contributed by atoms with E-state index in [1.807, 2.05) is 12.1 Å². The monoisotopic (exact) mass is 617 g/mol. The van der Waals surface area contributed by atoms with Crippen LogP contribution in [0, 0.1) is 0 Å². The van der Waals surface area contributed by atoms with Gasteiger partial charge in [-0.3, -0.25) is 19.3 Å². The number of aliphatic hydroxyl groups excluding tert-OH is 1. The zero-order valence-corrected chi connectivity index (χ0v) is 26.4. The molecule has 0 spiro atoms. The maximum Gasteiger partial charge on any atom is 0.253 e. The highest BCUT2D eigenvalue weighted by Gasteiger charge is 2.42. The van der Waals surface area contributed by atoms with Gasteiger partial charge >= 0.3 is 0 Å². The second-order valence-corrected chi connectivity index (χ2v) is 13.7. The van der Waals surface area contributed by atoms with Crippen LogP contribution in [-0.4, -0.2) is 88.2 Å². The number of nitrogens with one attached hydrogen (secondary N) is 3. The number of hydrogen-bond donors (Lipinski definition) is 5. The Balaban J connectivity index is 1.05. The first-order valence-corrected chi connectivity index (χ1v) is 16.6. The first-order chi connectivity index (χ1) is 21.6. The Kier molecular flexibility index (Phi) is 9.28. The smallest absolute Gasteiger partial charge is 0.253 e. The fraction of sp³-hybridized carbons (Fsp3) is 0.588. The standard InChI is InChI=1S/C34H47N7O4/c1-20(2)40-14-13-24(19-40)38-34(45)22-4-12-31(36-18-22)41-26-7-8-27(41)17-25(16-26)39-33(44)21-3-11-29(32(35)43)30(15-21)37-23-5-9-28(42)10-6-23/h3-4,11-12,15,18,20,23-28,37,42H,5-10,13-14,16-17,19H2,1-2H3,(H2,35,43)(H,38,45)(H,39,44)/t23?,24-,25?,26?,27?,28?/m1/s1. The van der Waals surface area contributed by atoms with Crippen molar-refractivity contribution in [2.75, 3.05) is 23.3 Å². The maximum absolute atomic E-state index is 13.4. The molecule has 4 aliphatic rings. The lowest BCUT2D eigenvalue weighted by atomic mass is 9.92. The van der Waals surface area contributed by atoms with Crippen LogP contribution in [0.2, 0.25) is 0 Å². The Morgan fingerprint density at radius 2 is 1.53 bits per heavy atom. The summed E-state index contributed by atoms with van der Waals surface area (Å²) in [6, 6.07) is 10.1. The number of benzene rings is 1. The van der Waals surface area contributed by atoms with Crippen molar-refractivity contribution in [2.45, 2.75) is 114 Å². The predicted octanol–water partition coefficient (Wildman–Crippen LogP) is 3.04. The molecule has 3 atom stereocenters.